The van der Waals surface area contributed by atoms with Crippen LogP contribution in [-0.4, -0.2) is 52.4 Å². The van der Waals surface area contributed by atoms with E-state index in [0.717, 1.165) is 59.7 Å². The summed E-state index contributed by atoms with van der Waals surface area (Å²) in [5.74, 6) is -0.401. The lowest BCUT2D eigenvalue weighted by Crippen LogP contribution is -2.53. The van der Waals surface area contributed by atoms with Crippen molar-refractivity contribution in [1.29, 1.82) is 0 Å². The summed E-state index contributed by atoms with van der Waals surface area (Å²) >= 11 is 0. The molecule has 2 heterocycles. The predicted molar refractivity (Wildman–Crippen MR) is 150 cm³/mol. The highest BCUT2D eigenvalue weighted by molar-refractivity contribution is 6.25. The molecule has 1 aromatic heterocycles. The summed E-state index contributed by atoms with van der Waals surface area (Å²) in [6.07, 6.45) is 4.82. The van der Waals surface area contributed by atoms with Gasteiger partial charge in [0, 0.05) is 49.5 Å². The molecule has 0 amide bonds. The summed E-state index contributed by atoms with van der Waals surface area (Å²) in [6.45, 7) is 9.66. The number of benzene rings is 2. The third-order valence-electron chi connectivity index (χ3n) is 7.68. The summed E-state index contributed by atoms with van der Waals surface area (Å²) in [4.78, 5) is 33.9. The number of rotatable bonds is 7. The van der Waals surface area contributed by atoms with E-state index in [-0.39, 0.29) is 17.4 Å². The summed E-state index contributed by atoms with van der Waals surface area (Å²) in [5, 5.41) is 9.42. The zero-order chi connectivity index (χ0) is 27.7. The Bertz CT molecular complexity index is 1430. The minimum absolute atomic E-state index is 0.138. The Labute approximate surface area is 228 Å². The van der Waals surface area contributed by atoms with E-state index >= 15 is 0 Å². The van der Waals surface area contributed by atoms with E-state index in [0.29, 0.717) is 24.4 Å². The molecule has 0 saturated carbocycles. The molecule has 3 aromatic rings. The number of carboxylic acids is 1. The molecule has 39 heavy (non-hydrogen) atoms. The highest BCUT2D eigenvalue weighted by atomic mass is 19.1. The lowest BCUT2D eigenvalue weighted by atomic mass is 9.86. The van der Waals surface area contributed by atoms with Gasteiger partial charge in [0.05, 0.1) is 0 Å². The zero-order valence-corrected chi connectivity index (χ0v) is 22.7. The monoisotopic (exact) mass is 527 g/mol. The van der Waals surface area contributed by atoms with Gasteiger partial charge >= 0.3 is 5.97 Å². The molecular weight excluding hydrogens is 493 g/mol. The fourth-order valence-corrected chi connectivity index (χ4v) is 5.85. The molecule has 1 fully saturated rings. The van der Waals surface area contributed by atoms with Crippen molar-refractivity contribution in [3.63, 3.8) is 0 Å². The van der Waals surface area contributed by atoms with Crippen molar-refractivity contribution in [1.82, 2.24) is 9.88 Å². The maximum atomic E-state index is 13.7. The van der Waals surface area contributed by atoms with Gasteiger partial charge in [0.2, 0.25) is 0 Å². The summed E-state index contributed by atoms with van der Waals surface area (Å²) in [6, 6.07) is 14.9. The number of aromatic nitrogens is 1. The lowest BCUT2D eigenvalue weighted by Gasteiger charge is -2.43. The van der Waals surface area contributed by atoms with E-state index in [1.165, 1.54) is 18.2 Å². The van der Waals surface area contributed by atoms with Crippen LogP contribution in [0.5, 0.6) is 0 Å². The van der Waals surface area contributed by atoms with Gasteiger partial charge in [-0.05, 0) is 78.3 Å². The topological polar surface area (TPSA) is 73.7 Å². The second-order valence-electron chi connectivity index (χ2n) is 11.0. The number of Topliss-reactive ketones (excluding diaryl/α,β-unsaturated/α-hetero) is 1. The van der Waals surface area contributed by atoms with Crippen molar-refractivity contribution >= 4 is 17.6 Å². The van der Waals surface area contributed by atoms with Crippen molar-refractivity contribution in [2.24, 2.45) is 5.92 Å². The molecule has 7 heteroatoms. The second-order valence-corrected chi connectivity index (χ2v) is 11.0. The molecule has 1 aliphatic carbocycles. The van der Waals surface area contributed by atoms with Gasteiger partial charge in [-0.25, -0.2) is 14.2 Å². The molecule has 0 bridgehead atoms. The summed E-state index contributed by atoms with van der Waals surface area (Å²) in [7, 11) is 0. The van der Waals surface area contributed by atoms with E-state index in [1.54, 1.807) is 6.07 Å². The Morgan fingerprint density at radius 3 is 2.64 bits per heavy atom. The molecule has 2 aromatic carbocycles. The van der Waals surface area contributed by atoms with Crippen LogP contribution >= 0.6 is 0 Å². The van der Waals surface area contributed by atoms with Gasteiger partial charge in [-0.2, -0.15) is 0 Å². The number of piperazine rings is 1. The van der Waals surface area contributed by atoms with Crippen LogP contribution in [0.1, 0.15) is 47.3 Å². The average Bonchev–Trinajstić information content (AvgIpc) is 2.89. The Balaban J connectivity index is 1.33. The molecule has 2 aliphatic rings. The van der Waals surface area contributed by atoms with Crippen LogP contribution in [-0.2, 0) is 17.8 Å². The first kappa shape index (κ1) is 26.8. The Morgan fingerprint density at radius 1 is 1.13 bits per heavy atom. The van der Waals surface area contributed by atoms with Crippen LogP contribution in [0.15, 0.2) is 66.4 Å². The smallest absolute Gasteiger partial charge is 0.339 e. The number of aliphatic carboxylic acids is 1. The summed E-state index contributed by atoms with van der Waals surface area (Å²) < 4.78 is 13.7. The number of pyridine rings is 1. The maximum absolute atomic E-state index is 13.7. The van der Waals surface area contributed by atoms with Crippen LogP contribution in [0, 0.1) is 18.7 Å². The number of allylic oxidation sites excluding steroid dienone is 1. The van der Waals surface area contributed by atoms with Gasteiger partial charge < -0.3 is 10.0 Å². The summed E-state index contributed by atoms with van der Waals surface area (Å²) in [5.41, 5.74) is 5.05. The molecule has 1 saturated heterocycles. The fourth-order valence-electron chi connectivity index (χ4n) is 5.85. The van der Waals surface area contributed by atoms with Crippen molar-refractivity contribution in [2.75, 3.05) is 24.5 Å². The van der Waals surface area contributed by atoms with E-state index in [4.69, 9.17) is 4.98 Å². The number of aryl methyl sites for hydroxylation is 1. The normalized spacial score (nSPS) is 17.8. The molecule has 1 aliphatic heterocycles. The molecule has 0 unspecified atom stereocenters. The van der Waals surface area contributed by atoms with E-state index < -0.39 is 11.8 Å². The van der Waals surface area contributed by atoms with Crippen molar-refractivity contribution in [3.05, 3.63) is 94.4 Å². The van der Waals surface area contributed by atoms with Crippen LogP contribution in [0.2, 0.25) is 0 Å². The Hall–Kier alpha value is -3.84. The second kappa shape index (κ2) is 11.1. The number of hydrogen-bond donors (Lipinski definition) is 1. The Kier molecular flexibility index (Phi) is 7.62. The highest BCUT2D eigenvalue weighted by Crippen LogP contribution is 2.29. The molecule has 1 N–H and O–H groups in total. The van der Waals surface area contributed by atoms with Gasteiger partial charge in [-0.15, -0.1) is 0 Å². The van der Waals surface area contributed by atoms with Crippen LogP contribution in [0.4, 0.5) is 10.2 Å². The van der Waals surface area contributed by atoms with E-state index in [2.05, 4.69) is 29.7 Å². The van der Waals surface area contributed by atoms with Gasteiger partial charge in [0.1, 0.15) is 17.2 Å². The number of carboxylic acid groups (broad SMARTS) is 1. The molecule has 202 valence electrons. The molecule has 0 radical (unpaired) electrons. The first-order valence-corrected chi connectivity index (χ1v) is 13.5. The van der Waals surface area contributed by atoms with Crippen molar-refractivity contribution in [3.8, 4) is 11.1 Å². The van der Waals surface area contributed by atoms with Crippen molar-refractivity contribution in [2.45, 2.75) is 46.2 Å². The number of halogens is 1. The number of hydrogen-bond acceptors (Lipinski definition) is 5. The molecule has 5 rings (SSSR count). The average molecular weight is 528 g/mol. The Morgan fingerprint density at radius 2 is 1.95 bits per heavy atom. The number of carbonyl (C=O) groups excluding carboxylic acids is 1. The molecule has 1 atom stereocenters. The largest absolute Gasteiger partial charge is 0.478 e. The lowest BCUT2D eigenvalue weighted by molar-refractivity contribution is -0.132. The van der Waals surface area contributed by atoms with Gasteiger partial charge in [0.15, 0.2) is 5.78 Å². The number of fused-ring (bicyclic) bond motifs is 1. The number of anilines is 1. The first-order valence-electron chi connectivity index (χ1n) is 13.5. The van der Waals surface area contributed by atoms with Gasteiger partial charge in [0.25, 0.3) is 0 Å². The van der Waals surface area contributed by atoms with Crippen LogP contribution in [0.25, 0.3) is 11.1 Å². The van der Waals surface area contributed by atoms with Crippen LogP contribution in [0.3, 0.4) is 0 Å². The fraction of sp³-hybridized carbons (Fsp3) is 0.344. The number of ketones is 1. The SMILES string of the molecule is Cc1cc(CN2CCN(c3ccc(-c4cccc(F)c4)cn3)[C@H](CC(C)C)C2)cc2c1CC=C(C(=O)O)C2=O. The highest BCUT2D eigenvalue weighted by Gasteiger charge is 2.30. The standard InChI is InChI=1S/C32H34FN3O3/c1-20(2)13-26-19-35(18-22-14-21(3)27-8-9-28(32(38)39)31(37)29(27)15-22)11-12-36(26)30-10-7-24(17-34-30)23-5-4-6-25(33)16-23/h4-7,9-10,14-17,20,26H,8,11-13,18-19H2,1-3H3,(H,38,39)/t26-/m1/s1. The van der Waals surface area contributed by atoms with E-state index in [9.17, 15) is 19.1 Å². The first-order chi connectivity index (χ1) is 18.7. The quantitative estimate of drug-likeness (QED) is 0.399. The zero-order valence-electron chi connectivity index (χ0n) is 22.7. The van der Waals surface area contributed by atoms with Gasteiger partial charge in [-0.1, -0.05) is 38.1 Å². The third kappa shape index (κ3) is 5.78. The minimum atomic E-state index is -1.17. The van der Waals surface area contributed by atoms with Crippen molar-refractivity contribution < 1.29 is 19.1 Å². The molecule has 6 nitrogen and oxygen atoms in total. The van der Waals surface area contributed by atoms with E-state index in [1.807, 2.05) is 37.4 Å². The molecule has 0 spiro atoms. The number of carbonyl (C=O) groups is 2. The molecular formula is C32H34FN3O3. The minimum Gasteiger partial charge on any atom is -0.478 e. The third-order valence-corrected chi connectivity index (χ3v) is 7.68. The maximum Gasteiger partial charge on any atom is 0.339 e. The van der Waals surface area contributed by atoms with Crippen LogP contribution < -0.4 is 4.90 Å². The predicted octanol–water partition coefficient (Wildman–Crippen LogP) is 5.68. The number of nitrogens with zero attached hydrogens (tertiary/aromatic N) is 3. The van der Waals surface area contributed by atoms with Gasteiger partial charge in [-0.3, -0.25) is 9.69 Å².